The molecule has 1 saturated carbocycles. The van der Waals surface area contributed by atoms with Crippen LogP contribution in [0, 0.1) is 23.7 Å². The number of ether oxygens (including phenoxy) is 1. The number of carbonyl (C=O) groups is 4. The first-order valence-corrected chi connectivity index (χ1v) is 20.5. The van der Waals surface area contributed by atoms with E-state index in [9.17, 15) is 32.7 Å². The van der Waals surface area contributed by atoms with Gasteiger partial charge in [0.15, 0.2) is 5.82 Å². The zero-order valence-electron chi connectivity index (χ0n) is 32.5. The van der Waals surface area contributed by atoms with Crippen molar-refractivity contribution < 1.29 is 42.2 Å². The summed E-state index contributed by atoms with van der Waals surface area (Å²) in [6.45, 7) is -0.193. The summed E-state index contributed by atoms with van der Waals surface area (Å²) in [5, 5.41) is 13.3. The lowest BCUT2D eigenvalue weighted by Gasteiger charge is -2.50. The van der Waals surface area contributed by atoms with E-state index in [1.54, 1.807) is 72.8 Å². The van der Waals surface area contributed by atoms with Crippen molar-refractivity contribution in [2.45, 2.75) is 30.4 Å². The van der Waals surface area contributed by atoms with Crippen LogP contribution in [-0.4, -0.2) is 51.9 Å². The van der Waals surface area contributed by atoms with Crippen molar-refractivity contribution in [2.75, 3.05) is 28.9 Å². The molecule has 2 aliphatic carbocycles. The Labute approximate surface area is 363 Å². The Kier molecular flexibility index (Phi) is 10.6. The predicted octanol–water partition coefficient (Wildman–Crippen LogP) is 8.71. The molecule has 3 fully saturated rings. The summed E-state index contributed by atoms with van der Waals surface area (Å²) in [5.74, 6) is -6.64. The predicted molar refractivity (Wildman–Crippen MR) is 225 cm³/mol. The van der Waals surface area contributed by atoms with Crippen molar-refractivity contribution in [3.63, 3.8) is 0 Å². The number of amides is 4. The van der Waals surface area contributed by atoms with E-state index in [2.05, 4.69) is 15.7 Å². The Morgan fingerprint density at radius 3 is 2.19 bits per heavy atom. The monoisotopic (exact) mass is 881 g/mol. The van der Waals surface area contributed by atoms with E-state index in [1.807, 2.05) is 36.4 Å². The summed E-state index contributed by atoms with van der Waals surface area (Å²) >= 11 is 12.7. The van der Waals surface area contributed by atoms with Gasteiger partial charge in [0.1, 0.15) is 12.4 Å². The Hall–Kier alpha value is -6.22. The molecule has 316 valence electrons. The van der Waals surface area contributed by atoms with Crippen LogP contribution in [-0.2, 0) is 30.8 Å². The van der Waals surface area contributed by atoms with Gasteiger partial charge < -0.3 is 15.2 Å². The van der Waals surface area contributed by atoms with Crippen LogP contribution in [0.4, 0.5) is 36.1 Å². The van der Waals surface area contributed by atoms with Crippen LogP contribution in [0.2, 0.25) is 10.0 Å². The molecule has 0 bridgehead atoms. The average Bonchev–Trinajstić information content (AvgIpc) is 3.64. The summed E-state index contributed by atoms with van der Waals surface area (Å²) in [6, 6.07) is 30.5. The maximum absolute atomic E-state index is 15.4. The third-order valence-electron chi connectivity index (χ3n) is 12.3. The number of allylic oxidation sites excluding steroid dienone is 2. The third kappa shape index (κ3) is 6.86. The fourth-order valence-electron chi connectivity index (χ4n) is 9.71. The number of imide groups is 2. The van der Waals surface area contributed by atoms with Crippen LogP contribution >= 0.6 is 23.2 Å². The van der Waals surface area contributed by atoms with Gasteiger partial charge in [-0.15, -0.1) is 0 Å². The van der Waals surface area contributed by atoms with Crippen LogP contribution in [0.5, 0.6) is 5.75 Å². The number of aliphatic hydroxyl groups is 1. The van der Waals surface area contributed by atoms with E-state index in [0.717, 1.165) is 16.4 Å². The minimum atomic E-state index is -4.76. The number of nitrogens with zero attached hydrogens (tertiary/aromatic N) is 3. The number of pyridine rings is 1. The fraction of sp³-hybridized carbons (Fsp3) is 0.239. The van der Waals surface area contributed by atoms with Gasteiger partial charge in [-0.2, -0.15) is 18.2 Å². The number of halogens is 5. The van der Waals surface area contributed by atoms with E-state index in [-0.39, 0.29) is 37.8 Å². The standard InChI is InChI=1S/C46H36Cl2F3N5O6/c47-28-10-8-26(9-11-28)45-36(42(59)56(44(45)61)54-40-37(48)22-27(24-52-40)46(49,50)51)23-35-33(39(45)25-6-16-32(17-7-25)62-21-20-57)18-19-34-38(35)43(60)55(41(34)58)31-14-12-30(13-15-31)53-29-4-2-1-3-5-29/h1-18,22,24,34-36,38-39,53,57H,19-21,23H2,(H,52,54). The maximum Gasteiger partial charge on any atom is 0.417 e. The highest BCUT2D eigenvalue weighted by Gasteiger charge is 2.70. The second-order valence-electron chi connectivity index (χ2n) is 15.6. The van der Waals surface area contributed by atoms with Crippen LogP contribution in [0.3, 0.4) is 0 Å². The summed E-state index contributed by atoms with van der Waals surface area (Å²) in [7, 11) is 0. The van der Waals surface area contributed by atoms with Gasteiger partial charge in [-0.1, -0.05) is 77.3 Å². The molecule has 2 aliphatic heterocycles. The number of hydrazine groups is 1. The van der Waals surface area contributed by atoms with Crippen LogP contribution < -0.4 is 20.4 Å². The Balaban J connectivity index is 1.14. The second-order valence-corrected chi connectivity index (χ2v) is 16.5. The first kappa shape index (κ1) is 41.1. The topological polar surface area (TPSA) is 141 Å². The zero-order valence-corrected chi connectivity index (χ0v) is 34.0. The molecule has 4 amide bonds. The number of carbonyl (C=O) groups excluding carboxylic acids is 4. The zero-order chi connectivity index (χ0) is 43.5. The van der Waals surface area contributed by atoms with Crippen molar-refractivity contribution in [1.82, 2.24) is 9.99 Å². The third-order valence-corrected chi connectivity index (χ3v) is 12.9. The second kappa shape index (κ2) is 15.9. The highest BCUT2D eigenvalue weighted by molar-refractivity contribution is 6.33. The number of nitrogens with one attached hydrogen (secondary N) is 2. The molecule has 3 heterocycles. The normalized spacial score (nSPS) is 24.4. The molecule has 6 unspecified atom stereocenters. The summed E-state index contributed by atoms with van der Waals surface area (Å²) in [6.07, 6.45) is -2.16. The Morgan fingerprint density at radius 2 is 1.53 bits per heavy atom. The molecule has 5 aromatic rings. The van der Waals surface area contributed by atoms with Crippen molar-refractivity contribution in [3.05, 3.63) is 154 Å². The Bertz CT molecular complexity index is 2610. The molecule has 16 heteroatoms. The molecule has 0 spiro atoms. The number of aliphatic hydroxyl groups excluding tert-OH is 1. The number of anilines is 4. The number of hydrogen-bond acceptors (Lipinski definition) is 9. The SMILES string of the molecule is O=C1C2CC3C(=CCC4C(=O)N(c5ccc(Nc6ccccc6)cc5)C(=O)C43)C(c3ccc(OCCO)cc3)C2(c2ccc(Cl)cc2)C(=O)N1Nc1ncc(C(F)(F)F)cc1Cl. The first-order chi connectivity index (χ1) is 29.8. The van der Waals surface area contributed by atoms with Crippen LogP contribution in [0.25, 0.3) is 0 Å². The van der Waals surface area contributed by atoms with E-state index in [0.29, 0.717) is 45.4 Å². The number of fused-ring (bicyclic) bond motifs is 4. The van der Waals surface area contributed by atoms with Gasteiger partial charge in [-0.3, -0.25) is 29.5 Å². The lowest BCUT2D eigenvalue weighted by Crippen LogP contribution is -2.53. The van der Waals surface area contributed by atoms with E-state index in [1.165, 1.54) is 4.90 Å². The Morgan fingerprint density at radius 1 is 0.839 bits per heavy atom. The largest absolute Gasteiger partial charge is 0.491 e. The number of rotatable bonds is 10. The lowest BCUT2D eigenvalue weighted by atomic mass is 9.49. The molecule has 0 radical (unpaired) electrons. The van der Waals surface area contributed by atoms with Gasteiger partial charge in [-0.05, 0) is 96.6 Å². The minimum absolute atomic E-state index is 0.0307. The minimum Gasteiger partial charge on any atom is -0.491 e. The van der Waals surface area contributed by atoms with Gasteiger partial charge in [0.25, 0.3) is 11.8 Å². The van der Waals surface area contributed by atoms with E-state index in [4.69, 9.17) is 27.9 Å². The molecular formula is C46H36Cl2F3N5O6. The molecule has 6 atom stereocenters. The van der Waals surface area contributed by atoms with Crippen LogP contribution in [0.1, 0.15) is 35.4 Å². The first-order valence-electron chi connectivity index (χ1n) is 19.8. The number of para-hydroxylation sites is 1. The summed E-state index contributed by atoms with van der Waals surface area (Å²) in [5.41, 5.74) is 3.50. The molecule has 62 heavy (non-hydrogen) atoms. The number of aromatic nitrogens is 1. The van der Waals surface area contributed by atoms with Gasteiger partial charge in [0, 0.05) is 28.5 Å². The van der Waals surface area contributed by atoms with Crippen molar-refractivity contribution in [3.8, 4) is 5.75 Å². The highest BCUT2D eigenvalue weighted by Crippen LogP contribution is 2.64. The van der Waals surface area contributed by atoms with Gasteiger partial charge >= 0.3 is 6.18 Å². The smallest absolute Gasteiger partial charge is 0.417 e. The quantitative estimate of drug-likeness (QED) is 0.0928. The molecule has 9 rings (SSSR count). The molecule has 4 aliphatic rings. The molecular weight excluding hydrogens is 846 g/mol. The summed E-state index contributed by atoms with van der Waals surface area (Å²) < 4.78 is 46.3. The van der Waals surface area contributed by atoms with E-state index >= 15 is 4.79 Å². The summed E-state index contributed by atoms with van der Waals surface area (Å²) in [4.78, 5) is 64.5. The molecule has 4 aromatic carbocycles. The van der Waals surface area contributed by atoms with Crippen molar-refractivity contribution in [2.24, 2.45) is 23.7 Å². The van der Waals surface area contributed by atoms with Gasteiger partial charge in [0.2, 0.25) is 11.8 Å². The number of benzene rings is 4. The van der Waals surface area contributed by atoms with Crippen LogP contribution in [0.15, 0.2) is 127 Å². The molecule has 1 aromatic heterocycles. The highest BCUT2D eigenvalue weighted by atomic mass is 35.5. The lowest BCUT2D eigenvalue weighted by molar-refractivity contribution is -0.139. The number of alkyl halides is 3. The molecule has 11 nitrogen and oxygen atoms in total. The molecule has 3 N–H and O–H groups in total. The maximum atomic E-state index is 15.4. The van der Waals surface area contributed by atoms with Crippen molar-refractivity contribution >= 4 is 69.7 Å². The fourth-order valence-corrected chi connectivity index (χ4v) is 10.0. The molecule has 2 saturated heterocycles. The van der Waals surface area contributed by atoms with Crippen molar-refractivity contribution in [1.29, 1.82) is 0 Å². The average molecular weight is 883 g/mol. The van der Waals surface area contributed by atoms with Gasteiger partial charge in [0.05, 0.1) is 46.0 Å². The van der Waals surface area contributed by atoms with Gasteiger partial charge in [-0.25, -0.2) is 4.98 Å². The van der Waals surface area contributed by atoms with E-state index < -0.39 is 69.5 Å². The number of hydrogen-bond donors (Lipinski definition) is 3.